The molecule has 10 heteroatoms. The van der Waals surface area contributed by atoms with Crippen molar-refractivity contribution >= 4 is 33.2 Å². The average molecular weight is 398 g/mol. The van der Waals surface area contributed by atoms with Crippen molar-refractivity contribution in [1.29, 1.82) is 0 Å². The number of nitro benzene ring substituents is 1. The molecule has 0 aromatic heterocycles. The van der Waals surface area contributed by atoms with Crippen LogP contribution in [0.1, 0.15) is 5.56 Å². The van der Waals surface area contributed by atoms with Gasteiger partial charge in [-0.3, -0.25) is 14.9 Å². The quantitative estimate of drug-likeness (QED) is 0.568. The molecule has 0 heterocycles. The summed E-state index contributed by atoms with van der Waals surface area (Å²) in [6.45, 7) is -0.195. The number of hydrogen-bond acceptors (Lipinski definition) is 5. The van der Waals surface area contributed by atoms with Crippen molar-refractivity contribution in [3.8, 4) is 0 Å². The third-order valence-corrected chi connectivity index (χ3v) is 5.56. The van der Waals surface area contributed by atoms with Crippen molar-refractivity contribution in [2.24, 2.45) is 0 Å². The lowest BCUT2D eigenvalue weighted by atomic mass is 10.2. The molecule has 0 fully saturated rings. The zero-order valence-electron chi connectivity index (χ0n) is 13.8. The van der Waals surface area contributed by atoms with Crippen LogP contribution in [0, 0.1) is 10.1 Å². The van der Waals surface area contributed by atoms with Gasteiger partial charge in [-0.15, -0.1) is 0 Å². The topological polar surface area (TPSA) is 110 Å². The fourth-order valence-electron chi connectivity index (χ4n) is 2.08. The molecule has 0 atom stereocenters. The van der Waals surface area contributed by atoms with E-state index >= 15 is 0 Å². The lowest BCUT2D eigenvalue weighted by Crippen LogP contribution is -2.38. The van der Waals surface area contributed by atoms with Gasteiger partial charge in [0, 0.05) is 30.7 Å². The molecule has 26 heavy (non-hydrogen) atoms. The van der Waals surface area contributed by atoms with Crippen molar-refractivity contribution in [2.45, 2.75) is 11.4 Å². The first-order chi connectivity index (χ1) is 12.2. The van der Waals surface area contributed by atoms with Gasteiger partial charge in [-0.1, -0.05) is 29.8 Å². The third-order valence-electron chi connectivity index (χ3n) is 3.51. The molecule has 0 saturated carbocycles. The van der Waals surface area contributed by atoms with Gasteiger partial charge in [0.2, 0.25) is 15.9 Å². The summed E-state index contributed by atoms with van der Waals surface area (Å²) < 4.78 is 25.8. The zero-order chi connectivity index (χ0) is 19.3. The second-order valence-electron chi connectivity index (χ2n) is 5.42. The largest absolute Gasteiger partial charge is 0.351 e. The van der Waals surface area contributed by atoms with Crippen LogP contribution in [-0.4, -0.2) is 37.1 Å². The van der Waals surface area contributed by atoms with Gasteiger partial charge < -0.3 is 5.32 Å². The Balaban J connectivity index is 2.01. The molecular formula is C16H16ClN3O5S. The van der Waals surface area contributed by atoms with E-state index in [2.05, 4.69) is 5.32 Å². The summed E-state index contributed by atoms with van der Waals surface area (Å²) in [6.07, 6.45) is 0. The molecule has 138 valence electrons. The number of hydrogen-bond donors (Lipinski definition) is 1. The van der Waals surface area contributed by atoms with E-state index < -0.39 is 27.4 Å². The van der Waals surface area contributed by atoms with Crippen molar-refractivity contribution in [3.05, 3.63) is 69.2 Å². The molecule has 0 aliphatic rings. The maximum absolute atomic E-state index is 12.5. The first-order valence-corrected chi connectivity index (χ1v) is 9.24. The number of non-ortho nitro benzene ring substituents is 1. The fourth-order valence-corrected chi connectivity index (χ4v) is 3.38. The number of halogens is 1. The molecule has 0 aliphatic heterocycles. The van der Waals surface area contributed by atoms with Crippen LogP contribution in [0.4, 0.5) is 5.69 Å². The van der Waals surface area contributed by atoms with Gasteiger partial charge in [0.1, 0.15) is 0 Å². The number of benzene rings is 2. The molecule has 0 spiro atoms. The number of amides is 1. The highest BCUT2D eigenvalue weighted by Gasteiger charge is 2.24. The zero-order valence-corrected chi connectivity index (χ0v) is 15.3. The van der Waals surface area contributed by atoms with Gasteiger partial charge in [-0.05, 0) is 23.8 Å². The van der Waals surface area contributed by atoms with E-state index in [9.17, 15) is 23.3 Å². The molecule has 0 aliphatic carbocycles. The smallest absolute Gasteiger partial charge is 0.270 e. The number of likely N-dealkylation sites (N-methyl/N-ethyl adjacent to an activating group) is 1. The van der Waals surface area contributed by atoms with Crippen molar-refractivity contribution in [2.75, 3.05) is 13.6 Å². The third kappa shape index (κ3) is 5.01. The van der Waals surface area contributed by atoms with E-state index in [1.54, 1.807) is 24.3 Å². The summed E-state index contributed by atoms with van der Waals surface area (Å²) in [5, 5.41) is 14.0. The Morgan fingerprint density at radius 2 is 1.88 bits per heavy atom. The number of nitro groups is 1. The Bertz CT molecular complexity index is 916. The Morgan fingerprint density at radius 1 is 1.23 bits per heavy atom. The first kappa shape index (κ1) is 19.8. The van der Waals surface area contributed by atoms with E-state index in [-0.39, 0.29) is 17.1 Å². The Morgan fingerprint density at radius 3 is 2.50 bits per heavy atom. The fraction of sp³-hybridized carbons (Fsp3) is 0.188. The minimum Gasteiger partial charge on any atom is -0.351 e. The lowest BCUT2D eigenvalue weighted by molar-refractivity contribution is -0.385. The van der Waals surface area contributed by atoms with Crippen LogP contribution in [0.15, 0.2) is 53.4 Å². The van der Waals surface area contributed by atoms with Crippen LogP contribution in [-0.2, 0) is 21.4 Å². The molecule has 1 N–H and O–H groups in total. The summed E-state index contributed by atoms with van der Waals surface area (Å²) in [7, 11) is -2.80. The molecule has 2 aromatic rings. The number of nitrogens with one attached hydrogen (secondary N) is 1. The van der Waals surface area contributed by atoms with E-state index in [0.29, 0.717) is 5.02 Å². The molecule has 0 bridgehead atoms. The maximum Gasteiger partial charge on any atom is 0.270 e. The van der Waals surface area contributed by atoms with Gasteiger partial charge in [0.05, 0.1) is 16.4 Å². The minimum absolute atomic E-state index is 0.223. The van der Waals surface area contributed by atoms with Crippen LogP contribution >= 0.6 is 11.6 Å². The highest BCUT2D eigenvalue weighted by molar-refractivity contribution is 7.89. The highest BCUT2D eigenvalue weighted by atomic mass is 35.5. The van der Waals surface area contributed by atoms with Gasteiger partial charge in [-0.25, -0.2) is 8.42 Å². The van der Waals surface area contributed by atoms with Gasteiger partial charge in [-0.2, -0.15) is 4.31 Å². The molecule has 1 amide bonds. The van der Waals surface area contributed by atoms with Crippen molar-refractivity contribution in [1.82, 2.24) is 9.62 Å². The van der Waals surface area contributed by atoms with E-state index in [4.69, 9.17) is 11.6 Å². The molecule has 0 saturated heterocycles. The average Bonchev–Trinajstić information content (AvgIpc) is 2.61. The summed E-state index contributed by atoms with van der Waals surface area (Å²) in [5.41, 5.74) is 0.471. The predicted molar refractivity (Wildman–Crippen MR) is 96.2 cm³/mol. The van der Waals surface area contributed by atoms with Crippen LogP contribution < -0.4 is 5.32 Å². The van der Waals surface area contributed by atoms with Gasteiger partial charge in [0.25, 0.3) is 5.69 Å². The normalized spacial score (nSPS) is 11.3. The van der Waals surface area contributed by atoms with Crippen molar-refractivity contribution < 1.29 is 18.1 Å². The minimum atomic E-state index is -4.03. The van der Waals surface area contributed by atoms with Gasteiger partial charge >= 0.3 is 0 Å². The second kappa shape index (κ2) is 8.26. The van der Waals surface area contributed by atoms with Crippen LogP contribution in [0.5, 0.6) is 0 Å². The second-order valence-corrected chi connectivity index (χ2v) is 7.90. The van der Waals surface area contributed by atoms with E-state index in [1.165, 1.54) is 25.2 Å². The molecule has 0 unspecified atom stereocenters. The van der Waals surface area contributed by atoms with E-state index in [1.807, 2.05) is 0 Å². The Kier molecular flexibility index (Phi) is 6.30. The number of rotatable bonds is 7. The summed E-state index contributed by atoms with van der Waals surface area (Å²) in [5.74, 6) is -0.503. The van der Waals surface area contributed by atoms with Gasteiger partial charge in [0.15, 0.2) is 0 Å². The predicted octanol–water partition coefficient (Wildman–Crippen LogP) is 2.19. The monoisotopic (exact) mass is 397 g/mol. The van der Waals surface area contributed by atoms with Crippen LogP contribution in [0.25, 0.3) is 0 Å². The highest BCUT2D eigenvalue weighted by Crippen LogP contribution is 2.20. The lowest BCUT2D eigenvalue weighted by Gasteiger charge is -2.17. The summed E-state index contributed by atoms with van der Waals surface area (Å²) in [6, 6.07) is 11.5. The number of carbonyl (C=O) groups excluding carboxylic acids is 1. The van der Waals surface area contributed by atoms with Crippen molar-refractivity contribution in [3.63, 3.8) is 0 Å². The Hall–Kier alpha value is -2.49. The molecular weight excluding hydrogens is 382 g/mol. The molecule has 8 nitrogen and oxygen atoms in total. The van der Waals surface area contributed by atoms with Crippen LogP contribution in [0.2, 0.25) is 5.02 Å². The van der Waals surface area contributed by atoms with E-state index in [0.717, 1.165) is 15.9 Å². The maximum atomic E-state index is 12.5. The summed E-state index contributed by atoms with van der Waals surface area (Å²) in [4.78, 5) is 21.9. The van der Waals surface area contributed by atoms with Crippen LogP contribution in [0.3, 0.4) is 0 Å². The molecule has 0 radical (unpaired) electrons. The summed E-state index contributed by atoms with van der Waals surface area (Å²) >= 11 is 5.78. The molecule has 2 rings (SSSR count). The number of nitrogens with zero attached hydrogens (tertiary/aromatic N) is 2. The Labute approximate surface area is 155 Å². The molecule has 2 aromatic carbocycles. The SMILES string of the molecule is CN(CC(=O)NCc1ccc(Cl)cc1)S(=O)(=O)c1cccc([N+](=O)[O-])c1. The number of carbonyl (C=O) groups is 1. The first-order valence-electron chi connectivity index (χ1n) is 7.42. The standard InChI is InChI=1S/C16H16ClN3O5S/c1-19(11-16(21)18-10-12-5-7-13(17)8-6-12)26(24,25)15-4-2-3-14(9-15)20(22)23/h2-9H,10-11H2,1H3,(H,18,21). The number of sulfonamides is 1.